The first-order chi connectivity index (χ1) is 8.54. The zero-order chi connectivity index (χ0) is 14.2. The molecule has 0 rings (SSSR count). The summed E-state index contributed by atoms with van der Waals surface area (Å²) in [6, 6.07) is 0. The monoisotopic (exact) mass is 262 g/mol. The van der Waals surface area contributed by atoms with Crippen LogP contribution in [-0.2, 0) is 9.59 Å². The highest BCUT2D eigenvalue weighted by molar-refractivity contribution is 5.81. The van der Waals surface area contributed by atoms with E-state index in [9.17, 15) is 9.59 Å². The smallest absolute Gasteiger partial charge is 0.217 e. The number of nitrogens with two attached hydrogens (primary N) is 4. The summed E-state index contributed by atoms with van der Waals surface area (Å²) in [6.07, 6.45) is 0.102. The molecule has 0 atom stereocenters. The van der Waals surface area contributed by atoms with Crippen LogP contribution in [0.4, 0.5) is 0 Å². The van der Waals surface area contributed by atoms with Crippen molar-refractivity contribution >= 4 is 11.8 Å². The van der Waals surface area contributed by atoms with Crippen molar-refractivity contribution in [3.63, 3.8) is 0 Å². The topological polar surface area (TPSA) is 162 Å². The van der Waals surface area contributed by atoms with Gasteiger partial charge in [-0.1, -0.05) is 0 Å². The third kappa shape index (κ3) is 24.2. The Kier molecular flexibility index (Phi) is 16.8. The van der Waals surface area contributed by atoms with E-state index in [1.807, 2.05) is 0 Å². The molecule has 0 spiro atoms. The molecule has 0 bridgehead atoms. The molecule has 2 amide bonds. The van der Waals surface area contributed by atoms with E-state index in [0.717, 1.165) is 26.2 Å². The molecule has 0 aromatic rings. The number of amides is 2. The largest absolute Gasteiger partial charge is 0.370 e. The molecule has 10 N–H and O–H groups in total. The van der Waals surface area contributed by atoms with Crippen LogP contribution in [0.1, 0.15) is 12.8 Å². The van der Waals surface area contributed by atoms with Crippen LogP contribution in [0, 0.1) is 0 Å². The Labute approximate surface area is 108 Å². The average Bonchev–Trinajstić information content (AvgIpc) is 2.32. The van der Waals surface area contributed by atoms with Gasteiger partial charge in [-0.3, -0.25) is 9.59 Å². The Morgan fingerprint density at radius 3 is 1.28 bits per heavy atom. The van der Waals surface area contributed by atoms with Crippen molar-refractivity contribution in [2.24, 2.45) is 22.9 Å². The molecule has 108 valence electrons. The van der Waals surface area contributed by atoms with Gasteiger partial charge in [0.1, 0.15) is 0 Å². The van der Waals surface area contributed by atoms with Gasteiger partial charge in [0.15, 0.2) is 0 Å². The van der Waals surface area contributed by atoms with Crippen molar-refractivity contribution in [1.82, 2.24) is 10.6 Å². The van der Waals surface area contributed by atoms with Crippen LogP contribution in [0.3, 0.4) is 0 Å². The molecule has 0 fully saturated rings. The van der Waals surface area contributed by atoms with Gasteiger partial charge in [-0.25, -0.2) is 0 Å². The number of rotatable bonds is 10. The van der Waals surface area contributed by atoms with Gasteiger partial charge in [0.25, 0.3) is 0 Å². The molecule has 0 radical (unpaired) electrons. The molecule has 0 unspecified atom stereocenters. The second-order valence-corrected chi connectivity index (χ2v) is 3.51. The Bertz CT molecular complexity index is 191. The summed E-state index contributed by atoms with van der Waals surface area (Å²) in [5.41, 5.74) is 19.9. The minimum atomic E-state index is -0.496. The molecule has 0 aliphatic heterocycles. The van der Waals surface area contributed by atoms with Crippen LogP contribution in [0.5, 0.6) is 0 Å². The van der Waals surface area contributed by atoms with Crippen molar-refractivity contribution < 1.29 is 9.59 Å². The highest BCUT2D eigenvalue weighted by Gasteiger charge is 1.96. The number of carbonyl (C=O) groups is 2. The van der Waals surface area contributed by atoms with E-state index in [-0.39, 0.29) is 12.8 Å². The highest BCUT2D eigenvalue weighted by Crippen LogP contribution is 1.82. The van der Waals surface area contributed by atoms with E-state index < -0.39 is 11.8 Å². The zero-order valence-corrected chi connectivity index (χ0v) is 10.8. The van der Waals surface area contributed by atoms with Crippen molar-refractivity contribution in [3.8, 4) is 0 Å². The predicted molar refractivity (Wildman–Crippen MR) is 71.5 cm³/mol. The molecule has 0 aromatic heterocycles. The maximum Gasteiger partial charge on any atom is 0.217 e. The summed E-state index contributed by atoms with van der Waals surface area (Å²) in [6.45, 7) is 5.14. The molecule has 0 aliphatic rings. The number of nitrogens with one attached hydrogen (secondary N) is 2. The number of primary amides is 2. The molecule has 0 aliphatic carbocycles. The minimum Gasteiger partial charge on any atom is -0.370 e. The van der Waals surface area contributed by atoms with E-state index >= 15 is 0 Å². The zero-order valence-electron chi connectivity index (χ0n) is 10.8. The Hall–Kier alpha value is -1.22. The van der Waals surface area contributed by atoms with Crippen molar-refractivity contribution in [2.45, 2.75) is 12.8 Å². The summed E-state index contributed by atoms with van der Waals surface area (Å²) < 4.78 is 0. The first kappa shape index (κ1) is 19.1. The van der Waals surface area contributed by atoms with E-state index in [1.54, 1.807) is 0 Å². The highest BCUT2D eigenvalue weighted by atomic mass is 16.2. The molecule has 0 saturated carbocycles. The van der Waals surface area contributed by atoms with Crippen molar-refractivity contribution in [3.05, 3.63) is 0 Å². The number of hydrogen-bond acceptors (Lipinski definition) is 6. The molecule has 0 heterocycles. The van der Waals surface area contributed by atoms with Crippen molar-refractivity contribution in [2.75, 3.05) is 39.3 Å². The van der Waals surface area contributed by atoms with Crippen LogP contribution < -0.4 is 33.6 Å². The number of carbonyl (C=O) groups excluding carboxylic acids is 2. The summed E-state index contributed by atoms with van der Waals surface area (Å²) in [5.74, 6) is -0.993. The second kappa shape index (κ2) is 15.8. The summed E-state index contributed by atoms with van der Waals surface area (Å²) in [4.78, 5) is 19.8. The van der Waals surface area contributed by atoms with Gasteiger partial charge in [-0.15, -0.1) is 0 Å². The van der Waals surface area contributed by atoms with Crippen LogP contribution in [0.2, 0.25) is 0 Å². The maximum absolute atomic E-state index is 9.92. The lowest BCUT2D eigenvalue weighted by atomic mass is 10.3. The fourth-order valence-electron chi connectivity index (χ4n) is 0.877. The SMILES string of the molecule is NC(=O)CCC(N)=O.NCCNCCNCCN. The van der Waals surface area contributed by atoms with Gasteiger partial charge < -0.3 is 33.6 Å². The summed E-state index contributed by atoms with van der Waals surface area (Å²) in [7, 11) is 0. The van der Waals surface area contributed by atoms with Gasteiger partial charge in [0.2, 0.25) is 11.8 Å². The van der Waals surface area contributed by atoms with Crippen LogP contribution in [0.25, 0.3) is 0 Å². The van der Waals surface area contributed by atoms with E-state index in [0.29, 0.717) is 13.1 Å². The standard InChI is InChI=1S/C6H18N4.C4H8N2O2/c7-1-3-9-5-6-10-4-2-8;5-3(7)1-2-4(6)8/h9-10H,1-8H2;1-2H2,(H2,5,7)(H2,6,8). The quantitative estimate of drug-likeness (QED) is 0.227. The molecule has 8 heteroatoms. The molecule has 18 heavy (non-hydrogen) atoms. The first-order valence-corrected chi connectivity index (χ1v) is 5.92. The van der Waals surface area contributed by atoms with Gasteiger partial charge >= 0.3 is 0 Å². The average molecular weight is 262 g/mol. The van der Waals surface area contributed by atoms with Gasteiger partial charge in [-0.05, 0) is 0 Å². The summed E-state index contributed by atoms with van der Waals surface area (Å²) >= 11 is 0. The third-order valence-corrected chi connectivity index (χ3v) is 1.74. The molecular weight excluding hydrogens is 236 g/mol. The Balaban J connectivity index is 0. The van der Waals surface area contributed by atoms with E-state index in [4.69, 9.17) is 22.9 Å². The van der Waals surface area contributed by atoms with Crippen molar-refractivity contribution in [1.29, 1.82) is 0 Å². The predicted octanol–water partition coefficient (Wildman–Crippen LogP) is -3.18. The Morgan fingerprint density at radius 2 is 1.06 bits per heavy atom. The maximum atomic E-state index is 9.92. The summed E-state index contributed by atoms with van der Waals surface area (Å²) in [5, 5.41) is 6.33. The Morgan fingerprint density at radius 1 is 0.722 bits per heavy atom. The first-order valence-electron chi connectivity index (χ1n) is 5.92. The second-order valence-electron chi connectivity index (χ2n) is 3.51. The van der Waals surface area contributed by atoms with E-state index in [1.165, 1.54) is 0 Å². The lowest BCUT2D eigenvalue weighted by molar-refractivity contribution is -0.123. The van der Waals surface area contributed by atoms with E-state index in [2.05, 4.69) is 10.6 Å². The van der Waals surface area contributed by atoms with Gasteiger partial charge in [-0.2, -0.15) is 0 Å². The van der Waals surface area contributed by atoms with Crippen LogP contribution >= 0.6 is 0 Å². The number of hydrogen-bond donors (Lipinski definition) is 6. The molecular formula is C10H26N6O2. The van der Waals surface area contributed by atoms with Crippen LogP contribution in [0.15, 0.2) is 0 Å². The van der Waals surface area contributed by atoms with Gasteiger partial charge in [0.05, 0.1) is 0 Å². The molecule has 0 saturated heterocycles. The minimum absolute atomic E-state index is 0.0509. The fraction of sp³-hybridized carbons (Fsp3) is 0.800. The molecule has 0 aromatic carbocycles. The van der Waals surface area contributed by atoms with Crippen LogP contribution in [-0.4, -0.2) is 51.1 Å². The lowest BCUT2D eigenvalue weighted by Gasteiger charge is -2.03. The third-order valence-electron chi connectivity index (χ3n) is 1.74. The fourth-order valence-corrected chi connectivity index (χ4v) is 0.877. The molecule has 8 nitrogen and oxygen atoms in total. The lowest BCUT2D eigenvalue weighted by Crippen LogP contribution is -2.32. The normalized spacial score (nSPS) is 9.44. The van der Waals surface area contributed by atoms with Gasteiger partial charge in [0, 0.05) is 52.1 Å².